The van der Waals surface area contributed by atoms with E-state index in [2.05, 4.69) is 33.3 Å². The van der Waals surface area contributed by atoms with Crippen molar-refractivity contribution in [3.8, 4) is 0 Å². The van der Waals surface area contributed by atoms with Crippen molar-refractivity contribution in [1.82, 2.24) is 4.90 Å². The Hall–Kier alpha value is -2.61. The monoisotopic (exact) mass is 499 g/mol. The Bertz CT molecular complexity index is 1110. The molecule has 1 aliphatic heterocycles. The van der Waals surface area contributed by atoms with Gasteiger partial charge in [0.25, 0.3) is 0 Å². The van der Waals surface area contributed by atoms with E-state index in [4.69, 9.17) is 28.6 Å². The molecule has 3 aromatic rings. The maximum absolute atomic E-state index is 12.6. The molecule has 4 rings (SSSR count). The molecule has 0 bridgehead atoms. The van der Waals surface area contributed by atoms with Crippen molar-refractivity contribution < 1.29 is 9.53 Å². The summed E-state index contributed by atoms with van der Waals surface area (Å²) in [6.07, 6.45) is 0.755. The number of nitrogens with zero attached hydrogens (tertiary/aromatic N) is 2. The average molecular weight is 500 g/mol. The maximum atomic E-state index is 12.6. The lowest BCUT2D eigenvalue weighted by atomic mass is 10.1. The molecule has 2 aromatic carbocycles. The molecule has 1 aliphatic rings. The van der Waals surface area contributed by atoms with Gasteiger partial charge in [0.1, 0.15) is 5.00 Å². The highest BCUT2D eigenvalue weighted by Crippen LogP contribution is 2.31. The Morgan fingerprint density at radius 3 is 2.55 bits per heavy atom. The smallest absolute Gasteiger partial charge is 0.341 e. The first kappa shape index (κ1) is 23.5. The first-order valence-corrected chi connectivity index (χ1v) is 12.5. The first-order chi connectivity index (χ1) is 16.0. The lowest BCUT2D eigenvalue weighted by Crippen LogP contribution is -2.50. The van der Waals surface area contributed by atoms with E-state index in [-0.39, 0.29) is 5.97 Å². The van der Waals surface area contributed by atoms with E-state index >= 15 is 0 Å². The van der Waals surface area contributed by atoms with E-state index in [1.165, 1.54) is 5.56 Å². The fourth-order valence-electron chi connectivity index (χ4n) is 3.80. The summed E-state index contributed by atoms with van der Waals surface area (Å²) in [4.78, 5) is 18.1. The number of hydrogen-bond donors (Lipinski definition) is 1. The number of thiocarbonyl (C=S) groups is 1. The zero-order chi connectivity index (χ0) is 23.2. The number of piperazine rings is 1. The molecule has 2 heterocycles. The molecule has 0 radical (unpaired) electrons. The molecule has 172 valence electrons. The summed E-state index contributed by atoms with van der Waals surface area (Å²) in [5.74, 6) is -0.330. The molecule has 0 amide bonds. The van der Waals surface area contributed by atoms with E-state index in [9.17, 15) is 4.79 Å². The first-order valence-electron chi connectivity index (χ1n) is 10.9. The van der Waals surface area contributed by atoms with Gasteiger partial charge in [0.2, 0.25) is 0 Å². The molecular weight excluding hydrogens is 474 g/mol. The standard InChI is InChI=1S/C25H26ClN3O2S2/c1-2-31-24(30)22-17-21(15-18-7-4-3-5-8-18)33-23(22)27-25(32)29-13-11-28(12-14-29)20-10-6-9-19(26)16-20/h3-10,16-17H,2,11-15H2,1H3,(H,27,32). The number of thiophene rings is 1. The molecule has 33 heavy (non-hydrogen) atoms. The average Bonchev–Trinajstić information content (AvgIpc) is 3.22. The van der Waals surface area contributed by atoms with Crippen LogP contribution in [0.25, 0.3) is 0 Å². The second-order valence-corrected chi connectivity index (χ2v) is 9.68. The van der Waals surface area contributed by atoms with E-state index in [1.807, 2.05) is 49.4 Å². The summed E-state index contributed by atoms with van der Waals surface area (Å²) in [5.41, 5.74) is 2.85. The quantitative estimate of drug-likeness (QED) is 0.347. The molecule has 0 spiro atoms. The predicted molar refractivity (Wildman–Crippen MR) is 141 cm³/mol. The highest BCUT2D eigenvalue weighted by molar-refractivity contribution is 7.80. The maximum Gasteiger partial charge on any atom is 0.341 e. The van der Waals surface area contributed by atoms with Crippen molar-refractivity contribution in [3.05, 3.63) is 81.7 Å². The van der Waals surface area contributed by atoms with Gasteiger partial charge in [-0.3, -0.25) is 0 Å². The number of anilines is 2. The summed E-state index contributed by atoms with van der Waals surface area (Å²) in [7, 11) is 0. The van der Waals surface area contributed by atoms with Crippen LogP contribution in [0.15, 0.2) is 60.7 Å². The van der Waals surface area contributed by atoms with Crippen LogP contribution >= 0.6 is 35.2 Å². The second-order valence-electron chi connectivity index (χ2n) is 7.72. The molecule has 1 N–H and O–H groups in total. The number of halogens is 1. The number of carbonyl (C=O) groups excluding carboxylic acids is 1. The van der Waals surface area contributed by atoms with Gasteiger partial charge < -0.3 is 19.9 Å². The van der Waals surface area contributed by atoms with Gasteiger partial charge in [0.15, 0.2) is 5.11 Å². The van der Waals surface area contributed by atoms with Gasteiger partial charge in [-0.2, -0.15) is 0 Å². The molecule has 8 heteroatoms. The van der Waals surface area contributed by atoms with Gasteiger partial charge in [-0.05, 0) is 49.0 Å². The summed E-state index contributed by atoms with van der Waals surface area (Å²) < 4.78 is 5.29. The van der Waals surface area contributed by atoms with Gasteiger partial charge in [0, 0.05) is 48.2 Å². The minimum Gasteiger partial charge on any atom is -0.462 e. The molecule has 0 saturated carbocycles. The van der Waals surface area contributed by atoms with Crippen LogP contribution < -0.4 is 10.2 Å². The summed E-state index contributed by atoms with van der Waals surface area (Å²) >= 11 is 13.4. The Morgan fingerprint density at radius 2 is 1.85 bits per heavy atom. The number of carbonyl (C=O) groups is 1. The van der Waals surface area contributed by atoms with E-state index in [1.54, 1.807) is 11.3 Å². The van der Waals surface area contributed by atoms with Crippen LogP contribution in [0, 0.1) is 0 Å². The molecule has 5 nitrogen and oxygen atoms in total. The number of hydrogen-bond acceptors (Lipinski definition) is 5. The second kappa shape index (κ2) is 11.0. The van der Waals surface area contributed by atoms with Crippen molar-refractivity contribution in [3.63, 3.8) is 0 Å². The van der Waals surface area contributed by atoms with Crippen LogP contribution in [-0.4, -0.2) is 48.8 Å². The van der Waals surface area contributed by atoms with E-state index < -0.39 is 0 Å². The van der Waals surface area contributed by atoms with Crippen molar-refractivity contribution in [2.45, 2.75) is 13.3 Å². The van der Waals surface area contributed by atoms with Crippen LogP contribution in [0.4, 0.5) is 10.7 Å². The van der Waals surface area contributed by atoms with E-state index in [0.717, 1.165) is 53.2 Å². The van der Waals surface area contributed by atoms with Crippen molar-refractivity contribution in [1.29, 1.82) is 0 Å². The number of nitrogens with one attached hydrogen (secondary N) is 1. The largest absolute Gasteiger partial charge is 0.462 e. The molecular formula is C25H26ClN3O2S2. The third-order valence-electron chi connectivity index (χ3n) is 5.46. The normalized spacial score (nSPS) is 13.6. The van der Waals surface area contributed by atoms with Crippen molar-refractivity contribution in [2.24, 2.45) is 0 Å². The van der Waals surface area contributed by atoms with Gasteiger partial charge >= 0.3 is 5.97 Å². The number of esters is 1. The third-order valence-corrected chi connectivity index (χ3v) is 7.11. The zero-order valence-corrected chi connectivity index (χ0v) is 20.8. The molecule has 0 atom stereocenters. The zero-order valence-electron chi connectivity index (χ0n) is 18.4. The molecule has 0 unspecified atom stereocenters. The Labute approximate surface area is 208 Å². The van der Waals surface area contributed by atoms with Gasteiger partial charge in [0.05, 0.1) is 12.2 Å². The topological polar surface area (TPSA) is 44.8 Å². The van der Waals surface area contributed by atoms with Gasteiger partial charge in [-0.1, -0.05) is 48.0 Å². The number of ether oxygens (including phenoxy) is 1. The third kappa shape index (κ3) is 6.05. The van der Waals surface area contributed by atoms with Crippen LogP contribution in [-0.2, 0) is 11.2 Å². The summed E-state index contributed by atoms with van der Waals surface area (Å²) in [6.45, 7) is 5.40. The number of rotatable bonds is 6. The molecule has 1 saturated heterocycles. The van der Waals surface area contributed by atoms with Crippen molar-refractivity contribution in [2.75, 3.05) is 43.0 Å². The summed E-state index contributed by atoms with van der Waals surface area (Å²) in [5, 5.41) is 5.43. The Kier molecular flexibility index (Phi) is 7.85. The van der Waals surface area contributed by atoms with Crippen LogP contribution in [0.5, 0.6) is 0 Å². The Morgan fingerprint density at radius 1 is 1.09 bits per heavy atom. The summed E-state index contributed by atoms with van der Waals surface area (Å²) in [6, 6.07) is 20.0. The van der Waals surface area contributed by atoms with Crippen LogP contribution in [0.1, 0.15) is 27.7 Å². The Balaban J connectivity index is 1.43. The van der Waals surface area contributed by atoms with Crippen LogP contribution in [0.3, 0.4) is 0 Å². The van der Waals surface area contributed by atoms with Crippen LogP contribution in [0.2, 0.25) is 5.02 Å². The minimum absolute atomic E-state index is 0.330. The SMILES string of the molecule is CCOC(=O)c1cc(Cc2ccccc2)sc1NC(=S)N1CCN(c2cccc(Cl)c2)CC1. The minimum atomic E-state index is -0.330. The fraction of sp³-hybridized carbons (Fsp3) is 0.280. The highest BCUT2D eigenvalue weighted by Gasteiger charge is 2.23. The van der Waals surface area contributed by atoms with Gasteiger partial charge in [-0.25, -0.2) is 4.79 Å². The lowest BCUT2D eigenvalue weighted by Gasteiger charge is -2.37. The fourth-order valence-corrected chi connectivity index (χ4v) is 5.41. The number of benzene rings is 2. The lowest BCUT2D eigenvalue weighted by molar-refractivity contribution is 0.0528. The molecule has 1 fully saturated rings. The highest BCUT2D eigenvalue weighted by atomic mass is 35.5. The van der Waals surface area contributed by atoms with E-state index in [0.29, 0.717) is 17.3 Å². The van der Waals surface area contributed by atoms with Gasteiger partial charge in [-0.15, -0.1) is 11.3 Å². The van der Waals surface area contributed by atoms with Crippen molar-refractivity contribution >= 4 is 56.9 Å². The predicted octanol–water partition coefficient (Wildman–Crippen LogP) is 5.69. The molecule has 0 aliphatic carbocycles. The molecule has 1 aromatic heterocycles.